The highest BCUT2D eigenvalue weighted by atomic mass is 35.6. The Morgan fingerprint density at radius 1 is 0.977 bits per heavy atom. The fourth-order valence-electron chi connectivity index (χ4n) is 6.15. The van der Waals surface area contributed by atoms with Gasteiger partial charge in [-0.05, 0) is 40.7 Å². The molecule has 9 heteroatoms. The zero-order valence-electron chi connectivity index (χ0n) is 24.6. The van der Waals surface area contributed by atoms with Crippen LogP contribution in [0.3, 0.4) is 0 Å². The molecule has 1 heterocycles. The molecule has 3 atom stereocenters. The quantitative estimate of drug-likeness (QED) is 0.163. The van der Waals surface area contributed by atoms with Crippen molar-refractivity contribution in [1.29, 1.82) is 0 Å². The third-order valence-electron chi connectivity index (χ3n) is 8.47. The summed E-state index contributed by atoms with van der Waals surface area (Å²) in [5.74, 6) is -0.672. The Balaban J connectivity index is 1.36. The second kappa shape index (κ2) is 15.2. The molecule has 2 aliphatic rings. The summed E-state index contributed by atoms with van der Waals surface area (Å²) in [4.78, 5) is 14.6. The fourth-order valence-corrected chi connectivity index (χ4v) is 6.35. The lowest BCUT2D eigenvalue weighted by Crippen LogP contribution is -2.43. The second-order valence-corrected chi connectivity index (χ2v) is 13.8. The largest absolute Gasteiger partial charge is 0.392 e. The number of aliphatic hydroxyl groups excluding tert-OH is 1. The van der Waals surface area contributed by atoms with Gasteiger partial charge in [-0.2, -0.15) is 0 Å². The minimum atomic E-state index is -2.02. The summed E-state index contributed by atoms with van der Waals surface area (Å²) in [5.41, 5.74) is 5.70. The van der Waals surface area contributed by atoms with E-state index in [2.05, 4.69) is 16.8 Å². The molecule has 1 aliphatic heterocycles. The Bertz CT molecular complexity index is 1390. The van der Waals surface area contributed by atoms with Gasteiger partial charge >= 0.3 is 0 Å². The first-order chi connectivity index (χ1) is 21.2. The lowest BCUT2D eigenvalue weighted by Gasteiger charge is -2.39. The van der Waals surface area contributed by atoms with Gasteiger partial charge in [-0.3, -0.25) is 9.69 Å². The van der Waals surface area contributed by atoms with E-state index in [1.807, 2.05) is 78.9 Å². The van der Waals surface area contributed by atoms with Crippen molar-refractivity contribution >= 4 is 40.7 Å². The number of rotatable bonds is 11. The molecule has 1 saturated heterocycles. The lowest BCUT2D eigenvalue weighted by atomic mass is 9.97. The van der Waals surface area contributed by atoms with E-state index in [-0.39, 0.29) is 25.4 Å². The van der Waals surface area contributed by atoms with Crippen LogP contribution in [0.1, 0.15) is 66.8 Å². The maximum atomic E-state index is 12.1. The fraction of sp³-hybridized carbons (Fsp3) is 0.400. The SMILES string of the molecule is C=CCN(C[C@H]1C[C@@H](c2ccc(CO)cc2)O[C@@H](c2ccc(-c3ccccc3CNC(=O)C(Cl)(Cl)Cl)cc2)O1)C1CCCC1. The highest BCUT2D eigenvalue weighted by Crippen LogP contribution is 2.39. The molecule has 3 aromatic rings. The van der Waals surface area contributed by atoms with Gasteiger partial charge in [-0.1, -0.05) is 127 Å². The number of hydrogen-bond acceptors (Lipinski definition) is 5. The van der Waals surface area contributed by atoms with Crippen LogP contribution >= 0.6 is 34.8 Å². The van der Waals surface area contributed by atoms with E-state index in [0.29, 0.717) is 6.04 Å². The summed E-state index contributed by atoms with van der Waals surface area (Å²) < 4.78 is 11.2. The number of amides is 1. The van der Waals surface area contributed by atoms with Crippen molar-refractivity contribution in [3.05, 3.63) is 108 Å². The van der Waals surface area contributed by atoms with Gasteiger partial charge in [0.1, 0.15) is 0 Å². The minimum absolute atomic E-state index is 0.00677. The number of nitrogens with one attached hydrogen (secondary N) is 1. The van der Waals surface area contributed by atoms with Crippen LogP contribution in [0.25, 0.3) is 11.1 Å². The molecule has 0 radical (unpaired) electrons. The zero-order chi connectivity index (χ0) is 31.1. The minimum Gasteiger partial charge on any atom is -0.392 e. The molecular weight excluding hydrogens is 619 g/mol. The van der Waals surface area contributed by atoms with Crippen LogP contribution in [0.4, 0.5) is 0 Å². The van der Waals surface area contributed by atoms with Gasteiger partial charge in [0.2, 0.25) is 0 Å². The third-order valence-corrected chi connectivity index (χ3v) is 8.98. The number of carbonyl (C=O) groups excluding carboxylic acids is 1. The van der Waals surface area contributed by atoms with Crippen molar-refractivity contribution in [1.82, 2.24) is 10.2 Å². The van der Waals surface area contributed by atoms with E-state index in [0.717, 1.165) is 52.9 Å². The molecule has 0 spiro atoms. The highest BCUT2D eigenvalue weighted by molar-refractivity contribution is 6.76. The Labute approximate surface area is 274 Å². The lowest BCUT2D eigenvalue weighted by molar-refractivity contribution is -0.253. The topological polar surface area (TPSA) is 71.0 Å². The maximum Gasteiger partial charge on any atom is 0.272 e. The molecule has 0 bridgehead atoms. The van der Waals surface area contributed by atoms with E-state index >= 15 is 0 Å². The van der Waals surface area contributed by atoms with Crippen LogP contribution in [0.2, 0.25) is 0 Å². The summed E-state index contributed by atoms with van der Waals surface area (Å²) in [7, 11) is 0. The number of halogens is 3. The normalized spacial score (nSPS) is 21.0. The van der Waals surface area contributed by atoms with Crippen molar-refractivity contribution < 1.29 is 19.4 Å². The second-order valence-electron chi connectivity index (χ2n) is 11.5. The summed E-state index contributed by atoms with van der Waals surface area (Å²) in [6.07, 6.45) is 6.96. The molecule has 5 rings (SSSR count). The molecule has 44 heavy (non-hydrogen) atoms. The number of nitrogens with zero attached hydrogens (tertiary/aromatic N) is 1. The molecule has 6 nitrogen and oxygen atoms in total. The third kappa shape index (κ3) is 8.43. The number of aliphatic hydroxyl groups is 1. The molecule has 0 unspecified atom stereocenters. The van der Waals surface area contributed by atoms with Crippen LogP contribution in [0.15, 0.2) is 85.5 Å². The van der Waals surface area contributed by atoms with Gasteiger partial charge in [0, 0.05) is 37.7 Å². The first kappa shape index (κ1) is 33.0. The molecule has 2 fully saturated rings. The molecule has 2 N–H and O–H groups in total. The summed E-state index contributed by atoms with van der Waals surface area (Å²) >= 11 is 17.2. The number of ether oxygens (including phenoxy) is 2. The van der Waals surface area contributed by atoms with Gasteiger partial charge in [0.05, 0.1) is 18.8 Å². The van der Waals surface area contributed by atoms with E-state index < -0.39 is 16.0 Å². The van der Waals surface area contributed by atoms with Gasteiger partial charge in [-0.25, -0.2) is 0 Å². The van der Waals surface area contributed by atoms with Crippen LogP contribution in [0, 0.1) is 0 Å². The first-order valence-corrected chi connectivity index (χ1v) is 16.3. The molecular formula is C35H39Cl3N2O4. The van der Waals surface area contributed by atoms with Crippen LogP contribution in [-0.4, -0.2) is 44.9 Å². The van der Waals surface area contributed by atoms with Gasteiger partial charge in [0.25, 0.3) is 9.70 Å². The van der Waals surface area contributed by atoms with Gasteiger partial charge < -0.3 is 19.9 Å². The number of alkyl halides is 3. The smallest absolute Gasteiger partial charge is 0.272 e. The summed E-state index contributed by atoms with van der Waals surface area (Å²) in [6, 6.07) is 24.5. The molecule has 3 aromatic carbocycles. The van der Waals surface area contributed by atoms with Crippen molar-refractivity contribution in [3.63, 3.8) is 0 Å². The molecule has 234 valence electrons. The molecule has 1 aliphatic carbocycles. The summed E-state index contributed by atoms with van der Waals surface area (Å²) in [6.45, 7) is 5.89. The monoisotopic (exact) mass is 656 g/mol. The molecule has 0 aromatic heterocycles. The van der Waals surface area contributed by atoms with E-state index in [4.69, 9.17) is 44.3 Å². The van der Waals surface area contributed by atoms with Crippen molar-refractivity contribution in [2.24, 2.45) is 0 Å². The molecule has 1 amide bonds. The van der Waals surface area contributed by atoms with Crippen molar-refractivity contribution in [2.75, 3.05) is 13.1 Å². The zero-order valence-corrected chi connectivity index (χ0v) is 26.9. The highest BCUT2D eigenvalue weighted by Gasteiger charge is 2.35. The Hall–Kier alpha value is -2.42. The summed E-state index contributed by atoms with van der Waals surface area (Å²) in [5, 5.41) is 12.2. The number of hydrogen-bond donors (Lipinski definition) is 2. The van der Waals surface area contributed by atoms with Crippen molar-refractivity contribution in [3.8, 4) is 11.1 Å². The average molecular weight is 658 g/mol. The Morgan fingerprint density at radius 2 is 1.66 bits per heavy atom. The standard InChI is InChI=1S/C35H39Cl3N2O4/c1-2-19-40(29-8-4-5-9-29)22-30-20-32(26-13-11-24(23-41)12-14-26)44-33(43-30)27-17-15-25(16-18-27)31-10-6-3-7-28(31)21-39-34(42)35(36,37)38/h2-3,6-7,10-18,29-30,32-33,41H,1,4-5,8-9,19-23H2,(H,39,42)/t30-,32+,33+/m1/s1. The van der Waals surface area contributed by atoms with E-state index in [9.17, 15) is 9.90 Å². The van der Waals surface area contributed by atoms with E-state index in [1.165, 1.54) is 25.7 Å². The van der Waals surface area contributed by atoms with Gasteiger partial charge in [-0.15, -0.1) is 6.58 Å². The van der Waals surface area contributed by atoms with Gasteiger partial charge in [0.15, 0.2) is 6.29 Å². The Kier molecular flexibility index (Phi) is 11.4. The average Bonchev–Trinajstić information content (AvgIpc) is 3.58. The molecule has 1 saturated carbocycles. The van der Waals surface area contributed by atoms with Crippen LogP contribution < -0.4 is 5.32 Å². The number of carbonyl (C=O) groups is 1. The van der Waals surface area contributed by atoms with E-state index in [1.54, 1.807) is 0 Å². The van der Waals surface area contributed by atoms with Crippen LogP contribution in [0.5, 0.6) is 0 Å². The predicted molar refractivity (Wildman–Crippen MR) is 176 cm³/mol. The van der Waals surface area contributed by atoms with Crippen molar-refractivity contribution in [2.45, 2.75) is 73.6 Å². The van der Waals surface area contributed by atoms with Crippen LogP contribution in [-0.2, 0) is 27.4 Å². The Morgan fingerprint density at radius 3 is 2.32 bits per heavy atom. The predicted octanol–water partition coefficient (Wildman–Crippen LogP) is 7.81. The number of benzene rings is 3. The maximum absolute atomic E-state index is 12.1. The first-order valence-electron chi connectivity index (χ1n) is 15.1.